The molecule has 0 aliphatic carbocycles. The Labute approximate surface area is 91.0 Å². The Morgan fingerprint density at radius 1 is 1.20 bits per heavy atom. The van der Waals surface area contributed by atoms with Gasteiger partial charge in [0.15, 0.2) is 0 Å². The maximum absolute atomic E-state index is 10.9. The van der Waals surface area contributed by atoms with Crippen LogP contribution in [0, 0.1) is 0 Å². The molecule has 0 spiro atoms. The lowest BCUT2D eigenvalue weighted by Gasteiger charge is -2.26. The number of likely N-dealkylation sites (tertiary alicyclic amines) is 1. The predicted molar refractivity (Wildman–Crippen MR) is 58.6 cm³/mol. The topological polar surface area (TPSA) is 49.4 Å². The first kappa shape index (κ1) is 12.2. The Morgan fingerprint density at radius 3 is 2.47 bits per heavy atom. The van der Waals surface area contributed by atoms with Gasteiger partial charge in [-0.2, -0.15) is 0 Å². The zero-order valence-corrected chi connectivity index (χ0v) is 9.42. The third-order valence-corrected chi connectivity index (χ3v) is 2.71. The van der Waals surface area contributed by atoms with Crippen molar-refractivity contribution in [3.63, 3.8) is 0 Å². The molecule has 1 N–H and O–H groups in total. The van der Waals surface area contributed by atoms with Crippen molar-refractivity contribution < 1.29 is 9.59 Å². The molecule has 0 bridgehead atoms. The van der Waals surface area contributed by atoms with Crippen molar-refractivity contribution >= 4 is 11.7 Å². The van der Waals surface area contributed by atoms with E-state index in [9.17, 15) is 9.59 Å². The number of piperidine rings is 1. The number of nitrogens with one attached hydrogen (secondary N) is 1. The van der Waals surface area contributed by atoms with E-state index in [0.29, 0.717) is 6.54 Å². The lowest BCUT2D eigenvalue weighted by molar-refractivity contribution is -0.136. The highest BCUT2D eigenvalue weighted by Crippen LogP contribution is 2.08. The molecule has 1 fully saturated rings. The summed E-state index contributed by atoms with van der Waals surface area (Å²) in [5.41, 5.74) is 0. The van der Waals surface area contributed by atoms with Gasteiger partial charge in [-0.1, -0.05) is 6.42 Å². The van der Waals surface area contributed by atoms with Crippen molar-refractivity contribution in [2.24, 2.45) is 0 Å². The Balaban J connectivity index is 2.01. The smallest absolute Gasteiger partial charge is 0.287 e. The summed E-state index contributed by atoms with van der Waals surface area (Å²) in [5, 5.41) is 2.61. The van der Waals surface area contributed by atoms with Crippen molar-refractivity contribution in [1.82, 2.24) is 10.2 Å². The summed E-state index contributed by atoms with van der Waals surface area (Å²) in [6.07, 6.45) is 4.86. The first-order valence-electron chi connectivity index (χ1n) is 5.71. The van der Waals surface area contributed by atoms with Crippen LogP contribution in [-0.2, 0) is 9.59 Å². The molecule has 0 saturated carbocycles. The SMILES string of the molecule is CC(=O)C(=O)NCCCN1CCCCC1. The molecule has 0 aromatic heterocycles. The molecule has 1 heterocycles. The third kappa shape index (κ3) is 4.93. The van der Waals surface area contributed by atoms with Crippen molar-refractivity contribution in [3.05, 3.63) is 0 Å². The fraction of sp³-hybridized carbons (Fsp3) is 0.818. The molecule has 0 atom stereocenters. The summed E-state index contributed by atoms with van der Waals surface area (Å²) in [7, 11) is 0. The summed E-state index contributed by atoms with van der Waals surface area (Å²) >= 11 is 0. The Hall–Kier alpha value is -0.900. The number of rotatable bonds is 5. The number of carbonyl (C=O) groups excluding carboxylic acids is 2. The second kappa shape index (κ2) is 6.56. The molecule has 86 valence electrons. The van der Waals surface area contributed by atoms with E-state index >= 15 is 0 Å². The molecule has 0 unspecified atom stereocenters. The van der Waals surface area contributed by atoms with Gasteiger partial charge in [-0.25, -0.2) is 0 Å². The molecule has 4 nitrogen and oxygen atoms in total. The van der Waals surface area contributed by atoms with E-state index in [1.807, 2.05) is 0 Å². The molecule has 1 aliphatic rings. The number of carbonyl (C=O) groups is 2. The highest BCUT2D eigenvalue weighted by Gasteiger charge is 2.10. The standard InChI is InChI=1S/C11H20N2O2/c1-10(14)11(15)12-6-5-9-13-7-3-2-4-8-13/h2-9H2,1H3,(H,12,15). The van der Waals surface area contributed by atoms with Gasteiger partial charge in [0.1, 0.15) is 0 Å². The van der Waals surface area contributed by atoms with E-state index in [-0.39, 0.29) is 0 Å². The summed E-state index contributed by atoms with van der Waals surface area (Å²) in [5.74, 6) is -0.874. The number of amides is 1. The first-order valence-corrected chi connectivity index (χ1v) is 5.71. The maximum atomic E-state index is 10.9. The van der Waals surface area contributed by atoms with Crippen LogP contribution in [0.3, 0.4) is 0 Å². The second-order valence-corrected chi connectivity index (χ2v) is 4.07. The average Bonchev–Trinajstić information content (AvgIpc) is 2.25. The Morgan fingerprint density at radius 2 is 1.87 bits per heavy atom. The summed E-state index contributed by atoms with van der Waals surface area (Å²) < 4.78 is 0. The number of ketones is 1. The number of hydrogen-bond acceptors (Lipinski definition) is 3. The minimum absolute atomic E-state index is 0.409. The molecule has 0 radical (unpaired) electrons. The van der Waals surface area contributed by atoms with E-state index in [4.69, 9.17) is 0 Å². The van der Waals surface area contributed by atoms with Gasteiger partial charge < -0.3 is 10.2 Å². The molecule has 4 heteroatoms. The highest BCUT2D eigenvalue weighted by molar-refractivity contribution is 6.35. The molecule has 0 aromatic rings. The quantitative estimate of drug-likeness (QED) is 0.535. The van der Waals surface area contributed by atoms with E-state index < -0.39 is 11.7 Å². The van der Waals surface area contributed by atoms with E-state index in [2.05, 4.69) is 10.2 Å². The van der Waals surface area contributed by atoms with Gasteiger partial charge in [-0.3, -0.25) is 9.59 Å². The van der Waals surface area contributed by atoms with E-state index in [0.717, 1.165) is 13.0 Å². The summed E-state index contributed by atoms with van der Waals surface area (Å²) in [6.45, 7) is 5.29. The fourth-order valence-corrected chi connectivity index (χ4v) is 1.81. The van der Waals surface area contributed by atoms with Crippen molar-refractivity contribution in [2.45, 2.75) is 32.6 Å². The zero-order chi connectivity index (χ0) is 11.1. The van der Waals surface area contributed by atoms with Crippen LogP contribution in [0.4, 0.5) is 0 Å². The van der Waals surface area contributed by atoms with Gasteiger partial charge in [0.2, 0.25) is 5.78 Å². The Kier molecular flexibility index (Phi) is 5.32. The van der Waals surface area contributed by atoms with Crippen molar-refractivity contribution in [3.8, 4) is 0 Å². The lowest BCUT2D eigenvalue weighted by Crippen LogP contribution is -2.34. The monoisotopic (exact) mass is 212 g/mol. The van der Waals surface area contributed by atoms with Crippen LogP contribution in [0.25, 0.3) is 0 Å². The second-order valence-electron chi connectivity index (χ2n) is 4.07. The van der Waals surface area contributed by atoms with Gasteiger partial charge in [-0.15, -0.1) is 0 Å². The largest absolute Gasteiger partial charge is 0.349 e. The van der Waals surface area contributed by atoms with Gasteiger partial charge in [0.25, 0.3) is 5.91 Å². The normalized spacial score (nSPS) is 17.4. The zero-order valence-electron chi connectivity index (χ0n) is 9.42. The molecular formula is C11H20N2O2. The summed E-state index contributed by atoms with van der Waals surface area (Å²) in [6, 6.07) is 0. The minimum atomic E-state index is -0.464. The van der Waals surface area contributed by atoms with Gasteiger partial charge in [0, 0.05) is 13.5 Å². The van der Waals surface area contributed by atoms with Gasteiger partial charge >= 0.3 is 0 Å². The molecule has 15 heavy (non-hydrogen) atoms. The molecule has 1 rings (SSSR count). The lowest BCUT2D eigenvalue weighted by atomic mass is 10.1. The molecule has 1 aliphatic heterocycles. The molecule has 1 amide bonds. The van der Waals surface area contributed by atoms with Crippen LogP contribution in [0.5, 0.6) is 0 Å². The van der Waals surface area contributed by atoms with Crippen LogP contribution in [0.15, 0.2) is 0 Å². The Bertz CT molecular complexity index is 223. The predicted octanol–water partition coefficient (Wildman–Crippen LogP) is 0.568. The third-order valence-electron chi connectivity index (χ3n) is 2.71. The molecular weight excluding hydrogens is 192 g/mol. The van der Waals surface area contributed by atoms with Crippen LogP contribution in [-0.4, -0.2) is 42.8 Å². The number of hydrogen-bond donors (Lipinski definition) is 1. The highest BCUT2D eigenvalue weighted by atomic mass is 16.2. The van der Waals surface area contributed by atoms with Crippen LogP contribution in [0.2, 0.25) is 0 Å². The van der Waals surface area contributed by atoms with Gasteiger partial charge in [0.05, 0.1) is 0 Å². The minimum Gasteiger partial charge on any atom is -0.349 e. The van der Waals surface area contributed by atoms with Crippen LogP contribution in [0.1, 0.15) is 32.6 Å². The maximum Gasteiger partial charge on any atom is 0.287 e. The molecule has 1 saturated heterocycles. The summed E-state index contributed by atoms with van der Waals surface area (Å²) in [4.78, 5) is 24.0. The van der Waals surface area contributed by atoms with E-state index in [1.54, 1.807) is 0 Å². The van der Waals surface area contributed by atoms with Crippen molar-refractivity contribution in [2.75, 3.05) is 26.2 Å². The first-order chi connectivity index (χ1) is 7.20. The van der Waals surface area contributed by atoms with Crippen LogP contribution >= 0.6 is 0 Å². The van der Waals surface area contributed by atoms with Crippen LogP contribution < -0.4 is 5.32 Å². The fourth-order valence-electron chi connectivity index (χ4n) is 1.81. The molecule has 0 aromatic carbocycles. The van der Waals surface area contributed by atoms with Crippen molar-refractivity contribution in [1.29, 1.82) is 0 Å². The number of nitrogens with zero attached hydrogens (tertiary/aromatic N) is 1. The number of Topliss-reactive ketones (excluding diaryl/α,β-unsaturated/α-hetero) is 1. The van der Waals surface area contributed by atoms with E-state index in [1.165, 1.54) is 39.3 Å². The average molecular weight is 212 g/mol. The van der Waals surface area contributed by atoms with Gasteiger partial charge in [-0.05, 0) is 38.9 Å².